The summed E-state index contributed by atoms with van der Waals surface area (Å²) in [5, 5.41) is 6.83. The van der Waals surface area contributed by atoms with Crippen molar-refractivity contribution in [2.24, 2.45) is 11.8 Å². The van der Waals surface area contributed by atoms with Gasteiger partial charge in [0.15, 0.2) is 0 Å². The lowest BCUT2D eigenvalue weighted by atomic mass is 10.1. The van der Waals surface area contributed by atoms with Crippen molar-refractivity contribution in [2.45, 2.75) is 38.8 Å². The summed E-state index contributed by atoms with van der Waals surface area (Å²) in [6.45, 7) is 6.27. The summed E-state index contributed by atoms with van der Waals surface area (Å²) in [5.74, 6) is 14.1. The Hall–Kier alpha value is -3.03. The van der Waals surface area contributed by atoms with E-state index in [1.807, 2.05) is 0 Å². The molecule has 0 saturated carbocycles. The molecule has 2 aromatic heterocycles. The monoisotopic (exact) mass is 464 g/mol. The molecule has 1 aromatic carbocycles. The summed E-state index contributed by atoms with van der Waals surface area (Å²) >= 11 is 0. The molecule has 2 fully saturated rings. The van der Waals surface area contributed by atoms with Gasteiger partial charge in [-0.3, -0.25) is 0 Å². The van der Waals surface area contributed by atoms with Crippen molar-refractivity contribution in [1.29, 1.82) is 0 Å². The Balaban J connectivity index is 0.00000320. The lowest BCUT2D eigenvalue weighted by molar-refractivity contribution is 0.587. The van der Waals surface area contributed by atoms with E-state index in [-0.39, 0.29) is 59.8 Å². The highest BCUT2D eigenvalue weighted by Crippen LogP contribution is 2.25. The van der Waals surface area contributed by atoms with Crippen molar-refractivity contribution in [3.8, 4) is 23.7 Å². The quantitative estimate of drug-likeness (QED) is 0.436. The molecule has 0 spiro atoms. The average Bonchev–Trinajstić information content (AvgIpc) is 3.65. The minimum absolute atomic E-state index is 0. The third-order valence-corrected chi connectivity index (χ3v) is 5.81. The minimum Gasteiger partial charge on any atom is -0.346 e. The average molecular weight is 465 g/mol. The van der Waals surface area contributed by atoms with Gasteiger partial charge in [-0.05, 0) is 73.8 Å². The van der Waals surface area contributed by atoms with Crippen LogP contribution in [0.25, 0.3) is 0 Å². The van der Waals surface area contributed by atoms with Gasteiger partial charge in [-0.25, -0.2) is 9.97 Å². The van der Waals surface area contributed by atoms with Gasteiger partial charge in [0.2, 0.25) is 0 Å². The second kappa shape index (κ2) is 10.3. The fraction of sp³-hybridized carbons (Fsp3) is 0.385. The fourth-order valence-corrected chi connectivity index (χ4v) is 4.09. The first-order valence-corrected chi connectivity index (χ1v) is 11.0. The second-order valence-corrected chi connectivity index (χ2v) is 8.70. The third kappa shape index (κ3) is 5.67. The zero-order valence-electron chi connectivity index (χ0n) is 22.6. The van der Waals surface area contributed by atoms with E-state index in [2.05, 4.69) is 68.1 Å². The van der Waals surface area contributed by atoms with Crippen LogP contribution in [0.15, 0.2) is 36.6 Å². The second-order valence-electron chi connectivity index (χ2n) is 8.70. The molecule has 3 aromatic rings. The summed E-state index contributed by atoms with van der Waals surface area (Å²) in [7, 11) is 0. The maximum atomic E-state index is 8.39. The van der Waals surface area contributed by atoms with E-state index in [4.69, 9.17) is 5.48 Å². The van der Waals surface area contributed by atoms with Crippen molar-refractivity contribution in [1.82, 2.24) is 30.6 Å². The predicted molar refractivity (Wildman–Crippen MR) is 132 cm³/mol. The number of nitrogens with one attached hydrogen (secondary N) is 4. The standard InChI is InChI=1S/C26H28N6.ClH/c1-17-11-23(27-13-17)25-29-15-21(31-25)9-7-19-3-5-20(6-4-19)8-10-22-16-30-26(32-22)24-12-18(2)14-28-24;/h3-6,15-18,23-24,27-28H,11-14H2,1-2H3,(H,29,31)(H,30,32);1H/t17-,18-,23-,24-;/m0./s1/i3D,4D,5D,6D;. The Bertz CT molecular complexity index is 1290. The molecule has 0 amide bonds. The molecule has 0 aliphatic carbocycles. The van der Waals surface area contributed by atoms with Crippen LogP contribution in [0, 0.1) is 35.5 Å². The topological polar surface area (TPSA) is 81.4 Å². The molecule has 0 unspecified atom stereocenters. The SMILES string of the molecule is Cl.[2H]c1c([2H])c(C#Cc2c[nH]c([C@@H]3C[C@H](C)CN3)n2)c([2H])c([2H])c1C#Cc1c[nH]c([C@@H]2C[C@H](C)CN2)n1. The molecule has 4 N–H and O–H groups in total. The highest BCUT2D eigenvalue weighted by molar-refractivity contribution is 5.85. The van der Waals surface area contributed by atoms with Gasteiger partial charge in [0.05, 0.1) is 17.6 Å². The Morgan fingerprint density at radius 1 is 0.758 bits per heavy atom. The van der Waals surface area contributed by atoms with E-state index in [0.29, 0.717) is 23.2 Å². The normalized spacial score (nSPS) is 25.5. The number of hydrogen-bond donors (Lipinski definition) is 4. The number of H-pyrrole nitrogens is 2. The van der Waals surface area contributed by atoms with Crippen molar-refractivity contribution in [2.75, 3.05) is 13.1 Å². The number of benzene rings is 1. The molecule has 5 rings (SSSR count). The molecule has 6 nitrogen and oxygen atoms in total. The van der Waals surface area contributed by atoms with E-state index < -0.39 is 0 Å². The first kappa shape index (κ1) is 18.4. The Morgan fingerprint density at radius 2 is 1.18 bits per heavy atom. The fourth-order valence-electron chi connectivity index (χ4n) is 4.09. The Morgan fingerprint density at radius 3 is 1.55 bits per heavy atom. The highest BCUT2D eigenvalue weighted by atomic mass is 35.5. The lowest BCUT2D eigenvalue weighted by Gasteiger charge is -2.04. The van der Waals surface area contributed by atoms with Crippen LogP contribution in [-0.2, 0) is 0 Å². The molecule has 2 aliphatic heterocycles. The van der Waals surface area contributed by atoms with Gasteiger partial charge in [0.1, 0.15) is 23.0 Å². The van der Waals surface area contributed by atoms with Gasteiger partial charge in [0.25, 0.3) is 0 Å². The van der Waals surface area contributed by atoms with Gasteiger partial charge in [-0.2, -0.15) is 0 Å². The molecule has 0 radical (unpaired) electrons. The maximum Gasteiger partial charge on any atom is 0.131 e. The van der Waals surface area contributed by atoms with Gasteiger partial charge in [-0.15, -0.1) is 12.4 Å². The summed E-state index contributed by atoms with van der Waals surface area (Å²) in [6.07, 6.45) is 5.39. The zero-order valence-corrected chi connectivity index (χ0v) is 19.4. The Labute approximate surface area is 206 Å². The molecular formula is C26H29ClN6. The van der Waals surface area contributed by atoms with Crippen LogP contribution in [0.1, 0.15) is 78.4 Å². The molecular weight excluding hydrogens is 432 g/mol. The van der Waals surface area contributed by atoms with E-state index in [1.165, 1.54) is 0 Å². The van der Waals surface area contributed by atoms with E-state index in [9.17, 15) is 0 Å². The largest absolute Gasteiger partial charge is 0.346 e. The van der Waals surface area contributed by atoms with Gasteiger partial charge in [-0.1, -0.05) is 25.7 Å². The predicted octanol–water partition coefficient (Wildman–Crippen LogP) is 3.70. The first-order chi connectivity index (χ1) is 17.3. The zero-order chi connectivity index (χ0) is 25.4. The first-order valence-electron chi connectivity index (χ1n) is 13.0. The summed E-state index contributed by atoms with van der Waals surface area (Å²) in [5.41, 5.74) is 1.03. The highest BCUT2D eigenvalue weighted by Gasteiger charge is 2.25. The van der Waals surface area contributed by atoms with E-state index >= 15 is 0 Å². The van der Waals surface area contributed by atoms with Crippen molar-refractivity contribution >= 4 is 12.4 Å². The summed E-state index contributed by atoms with van der Waals surface area (Å²) in [6, 6.07) is -0.558. The van der Waals surface area contributed by atoms with Crippen LogP contribution in [0.4, 0.5) is 0 Å². The molecule has 7 heteroatoms. The number of rotatable bonds is 2. The van der Waals surface area contributed by atoms with Crippen molar-refractivity contribution < 1.29 is 5.48 Å². The Kier molecular flexibility index (Phi) is 5.73. The summed E-state index contributed by atoms with van der Waals surface area (Å²) < 4.78 is 33.6. The van der Waals surface area contributed by atoms with Crippen LogP contribution >= 0.6 is 12.4 Å². The number of nitrogens with zero attached hydrogens (tertiary/aromatic N) is 2. The molecule has 4 atom stereocenters. The van der Waals surface area contributed by atoms with Gasteiger partial charge in [0, 0.05) is 23.5 Å². The number of aromatic nitrogens is 4. The van der Waals surface area contributed by atoms with Crippen LogP contribution in [0.5, 0.6) is 0 Å². The van der Waals surface area contributed by atoms with Crippen molar-refractivity contribution in [3.05, 3.63) is 70.7 Å². The maximum absolute atomic E-state index is 8.39. The van der Waals surface area contributed by atoms with Gasteiger partial charge < -0.3 is 20.6 Å². The van der Waals surface area contributed by atoms with Gasteiger partial charge >= 0.3 is 0 Å². The van der Waals surface area contributed by atoms with Crippen LogP contribution < -0.4 is 10.6 Å². The lowest BCUT2D eigenvalue weighted by Crippen LogP contribution is -2.14. The van der Waals surface area contributed by atoms with E-state index in [0.717, 1.165) is 37.6 Å². The van der Waals surface area contributed by atoms with Crippen molar-refractivity contribution in [3.63, 3.8) is 0 Å². The molecule has 2 aliphatic rings. The molecule has 170 valence electrons. The number of halogens is 1. The van der Waals surface area contributed by atoms with Crippen LogP contribution in [0.2, 0.25) is 0 Å². The smallest absolute Gasteiger partial charge is 0.131 e. The van der Waals surface area contributed by atoms with Crippen LogP contribution in [0.3, 0.4) is 0 Å². The molecule has 33 heavy (non-hydrogen) atoms. The van der Waals surface area contributed by atoms with Crippen LogP contribution in [-0.4, -0.2) is 33.0 Å². The number of imidazole rings is 2. The molecule has 4 heterocycles. The molecule has 2 saturated heterocycles. The summed E-state index contributed by atoms with van der Waals surface area (Å²) in [4.78, 5) is 15.3. The number of hydrogen-bond acceptors (Lipinski definition) is 4. The third-order valence-electron chi connectivity index (χ3n) is 5.81. The van der Waals surface area contributed by atoms with E-state index in [1.54, 1.807) is 12.4 Å². The molecule has 0 bridgehead atoms. The number of aromatic amines is 2. The minimum atomic E-state index is -0.221.